The van der Waals surface area contributed by atoms with Crippen molar-refractivity contribution in [2.45, 2.75) is 6.42 Å². The second-order valence-electron chi connectivity index (χ2n) is 3.83. The van der Waals surface area contributed by atoms with Crippen molar-refractivity contribution in [2.75, 3.05) is 6.61 Å². The molecule has 1 aliphatic carbocycles. The van der Waals surface area contributed by atoms with Gasteiger partial charge in [0.25, 0.3) is 0 Å². The fourth-order valence-electron chi connectivity index (χ4n) is 1.63. The number of hydrogen-bond acceptors (Lipinski definition) is 1. The van der Waals surface area contributed by atoms with E-state index in [-0.39, 0.29) is 18.4 Å². The summed E-state index contributed by atoms with van der Waals surface area (Å²) in [5, 5.41) is 10.7. The summed E-state index contributed by atoms with van der Waals surface area (Å²) in [6, 6.07) is 0. The van der Waals surface area contributed by atoms with Gasteiger partial charge in [0.05, 0.1) is 0 Å². The first-order valence-corrected chi connectivity index (χ1v) is 6.24. The zero-order valence-corrected chi connectivity index (χ0v) is 11.0. The molecule has 1 nitrogen and oxygen atoms in total. The topological polar surface area (TPSA) is 20.2 Å². The average molecular weight is 271 g/mol. The summed E-state index contributed by atoms with van der Waals surface area (Å²) < 4.78 is 0. The van der Waals surface area contributed by atoms with E-state index in [4.69, 9.17) is 23.2 Å². The molecule has 0 fully saturated rings. The number of aliphatic hydroxyl groups excluding tert-OH is 1. The Bertz CT molecular complexity index is 378. The molecule has 17 heavy (non-hydrogen) atoms. The summed E-state index contributed by atoms with van der Waals surface area (Å²) >= 11 is 11.6. The summed E-state index contributed by atoms with van der Waals surface area (Å²) in [6.07, 6.45) is 13.9. The molecule has 0 aromatic carbocycles. The maximum Gasteiger partial charge on any atom is 0.0499 e. The lowest BCUT2D eigenvalue weighted by molar-refractivity contribution is 0.225. The lowest BCUT2D eigenvalue weighted by Gasteiger charge is -2.20. The number of hydrogen-bond donors (Lipinski definition) is 1. The standard InChI is InChI=1S/C14H16Cl2O/c1-2-13(15)5-3-4-12(10-17)11-6-8-14(16)9-7-11/h2-6,8-9,11-12,17H,1,7,10H2. The van der Waals surface area contributed by atoms with Gasteiger partial charge in [-0.15, -0.1) is 0 Å². The van der Waals surface area contributed by atoms with Gasteiger partial charge in [0.1, 0.15) is 0 Å². The molecule has 2 atom stereocenters. The largest absolute Gasteiger partial charge is 0.396 e. The smallest absolute Gasteiger partial charge is 0.0499 e. The van der Waals surface area contributed by atoms with Gasteiger partial charge in [-0.25, -0.2) is 0 Å². The molecule has 0 aromatic rings. The van der Waals surface area contributed by atoms with Gasteiger partial charge in [0.15, 0.2) is 0 Å². The van der Waals surface area contributed by atoms with Crippen LogP contribution in [0.2, 0.25) is 0 Å². The van der Waals surface area contributed by atoms with E-state index in [1.807, 2.05) is 30.4 Å². The van der Waals surface area contributed by atoms with Crippen molar-refractivity contribution < 1.29 is 5.11 Å². The molecule has 1 aliphatic rings. The third-order valence-electron chi connectivity index (χ3n) is 2.66. The number of halogens is 2. The van der Waals surface area contributed by atoms with Crippen molar-refractivity contribution in [1.29, 1.82) is 0 Å². The van der Waals surface area contributed by atoms with Gasteiger partial charge in [-0.1, -0.05) is 60.2 Å². The van der Waals surface area contributed by atoms with Gasteiger partial charge in [0.2, 0.25) is 0 Å². The third-order valence-corrected chi connectivity index (χ3v) is 3.22. The van der Waals surface area contributed by atoms with Gasteiger partial charge in [0, 0.05) is 22.6 Å². The minimum Gasteiger partial charge on any atom is -0.396 e. The molecule has 0 aliphatic heterocycles. The first-order chi connectivity index (χ1) is 8.17. The van der Waals surface area contributed by atoms with Gasteiger partial charge in [-0.2, -0.15) is 0 Å². The molecule has 0 saturated heterocycles. The predicted octanol–water partition coefficient (Wildman–Crippen LogP) is 4.16. The van der Waals surface area contributed by atoms with Crippen LogP contribution in [0.5, 0.6) is 0 Å². The Morgan fingerprint density at radius 2 is 2.41 bits per heavy atom. The van der Waals surface area contributed by atoms with E-state index in [9.17, 15) is 5.11 Å². The molecule has 92 valence electrons. The van der Waals surface area contributed by atoms with Crippen molar-refractivity contribution in [3.8, 4) is 0 Å². The second kappa shape index (κ2) is 7.54. The molecule has 0 amide bonds. The summed E-state index contributed by atoms with van der Waals surface area (Å²) in [6.45, 7) is 3.67. The summed E-state index contributed by atoms with van der Waals surface area (Å²) in [7, 11) is 0. The van der Waals surface area contributed by atoms with Crippen LogP contribution in [0.25, 0.3) is 0 Å². The molecule has 0 aromatic heterocycles. The van der Waals surface area contributed by atoms with Crippen LogP contribution in [0, 0.1) is 11.8 Å². The Morgan fingerprint density at radius 1 is 1.65 bits per heavy atom. The molecule has 2 unspecified atom stereocenters. The molecule has 0 saturated carbocycles. The fraction of sp³-hybridized carbons (Fsp3) is 0.286. The van der Waals surface area contributed by atoms with Crippen molar-refractivity contribution in [2.24, 2.45) is 11.8 Å². The van der Waals surface area contributed by atoms with Crippen LogP contribution >= 0.6 is 23.2 Å². The highest BCUT2D eigenvalue weighted by Gasteiger charge is 2.16. The maximum absolute atomic E-state index is 9.35. The molecule has 0 spiro atoms. The van der Waals surface area contributed by atoms with E-state index < -0.39 is 0 Å². The Morgan fingerprint density at radius 3 is 2.94 bits per heavy atom. The minimum atomic E-state index is 0.0813. The van der Waals surface area contributed by atoms with E-state index in [0.29, 0.717) is 5.03 Å². The van der Waals surface area contributed by atoms with E-state index >= 15 is 0 Å². The van der Waals surface area contributed by atoms with Gasteiger partial charge >= 0.3 is 0 Å². The molecule has 1 N–H and O–H groups in total. The average Bonchev–Trinajstić information content (AvgIpc) is 2.35. The van der Waals surface area contributed by atoms with E-state index in [1.54, 1.807) is 12.2 Å². The molecule has 0 bridgehead atoms. The van der Waals surface area contributed by atoms with Crippen LogP contribution in [0.15, 0.2) is 59.2 Å². The normalized spacial score (nSPS) is 22.6. The second-order valence-corrected chi connectivity index (χ2v) is 4.71. The summed E-state index contributed by atoms with van der Waals surface area (Å²) in [5.41, 5.74) is 0. The molecule has 0 radical (unpaired) electrons. The van der Waals surface area contributed by atoms with Gasteiger partial charge in [-0.05, 0) is 24.5 Å². The predicted molar refractivity (Wildman–Crippen MR) is 75.0 cm³/mol. The van der Waals surface area contributed by atoms with Crippen molar-refractivity contribution in [3.63, 3.8) is 0 Å². The highest BCUT2D eigenvalue weighted by molar-refractivity contribution is 6.31. The molecular formula is C14H16Cl2O. The van der Waals surface area contributed by atoms with E-state index in [2.05, 4.69) is 6.58 Å². The molecule has 0 heterocycles. The number of allylic oxidation sites excluding steroid dienone is 8. The SMILES string of the molecule is C=CC(Cl)=CC=CC(CO)C1C=CC(Cl)=CC1. The van der Waals surface area contributed by atoms with Crippen LogP contribution < -0.4 is 0 Å². The van der Waals surface area contributed by atoms with Crippen LogP contribution in [-0.2, 0) is 0 Å². The van der Waals surface area contributed by atoms with Gasteiger partial charge < -0.3 is 5.11 Å². The lowest BCUT2D eigenvalue weighted by atomic mass is 9.87. The zero-order chi connectivity index (χ0) is 12.7. The van der Waals surface area contributed by atoms with Crippen LogP contribution in [0.4, 0.5) is 0 Å². The minimum absolute atomic E-state index is 0.0813. The quantitative estimate of drug-likeness (QED) is 0.744. The lowest BCUT2D eigenvalue weighted by Crippen LogP contribution is -2.15. The Hall–Kier alpha value is -0.760. The molecular weight excluding hydrogens is 255 g/mol. The zero-order valence-electron chi connectivity index (χ0n) is 9.52. The fourth-order valence-corrected chi connectivity index (χ4v) is 1.86. The highest BCUT2D eigenvalue weighted by atomic mass is 35.5. The van der Waals surface area contributed by atoms with E-state index in [0.717, 1.165) is 11.5 Å². The third kappa shape index (κ3) is 4.95. The first kappa shape index (κ1) is 14.3. The van der Waals surface area contributed by atoms with Crippen molar-refractivity contribution in [3.05, 3.63) is 59.2 Å². The van der Waals surface area contributed by atoms with Crippen LogP contribution in [0.3, 0.4) is 0 Å². The van der Waals surface area contributed by atoms with Crippen LogP contribution in [0.1, 0.15) is 6.42 Å². The summed E-state index contributed by atoms with van der Waals surface area (Å²) in [4.78, 5) is 0. The van der Waals surface area contributed by atoms with Crippen molar-refractivity contribution in [1.82, 2.24) is 0 Å². The Labute approximate surface area is 112 Å². The highest BCUT2D eigenvalue weighted by Crippen LogP contribution is 2.26. The number of rotatable bonds is 5. The maximum atomic E-state index is 9.35. The summed E-state index contributed by atoms with van der Waals surface area (Å²) in [5.74, 6) is 0.368. The monoisotopic (exact) mass is 270 g/mol. The molecule has 1 rings (SSSR count). The Balaban J connectivity index is 2.61. The molecule has 3 heteroatoms. The van der Waals surface area contributed by atoms with E-state index in [1.165, 1.54) is 0 Å². The number of aliphatic hydroxyl groups is 1. The van der Waals surface area contributed by atoms with Crippen molar-refractivity contribution >= 4 is 23.2 Å². The van der Waals surface area contributed by atoms with Gasteiger partial charge in [-0.3, -0.25) is 0 Å². The first-order valence-electron chi connectivity index (χ1n) is 5.48. The van der Waals surface area contributed by atoms with Crippen LogP contribution in [-0.4, -0.2) is 11.7 Å². The Kier molecular flexibility index (Phi) is 6.35.